The smallest absolute Gasteiger partial charge is 0.239 e. The molecule has 1 heterocycles. The number of hydrogen-bond acceptors (Lipinski definition) is 3. The van der Waals surface area contributed by atoms with E-state index in [1.165, 1.54) is 4.90 Å². The molecular weight excluding hydrogens is 602 g/mol. The normalized spacial score (nSPS) is 24.1. The molecule has 2 bridgehead atoms. The molecule has 4 atom stereocenters. The van der Waals surface area contributed by atoms with E-state index >= 15 is 14.4 Å². The Labute approximate surface area is 285 Å². The minimum atomic E-state index is -1.42. The van der Waals surface area contributed by atoms with Crippen LogP contribution in [0.2, 0.25) is 0 Å². The lowest BCUT2D eigenvalue weighted by Gasteiger charge is -2.39. The minimum Gasteiger partial charge on any atom is -0.297 e. The fraction of sp³-hybridized carbons (Fsp3) is 0.0889. The number of hydrogen-bond donors (Lipinski definition) is 0. The van der Waals surface area contributed by atoms with Crippen LogP contribution in [0.5, 0.6) is 0 Å². The number of benzene rings is 6. The summed E-state index contributed by atoms with van der Waals surface area (Å²) >= 11 is 0. The first-order valence-corrected chi connectivity index (χ1v) is 16.6. The van der Waals surface area contributed by atoms with Crippen LogP contribution in [0.25, 0.3) is 22.3 Å². The number of amides is 2. The van der Waals surface area contributed by atoms with Crippen LogP contribution in [-0.4, -0.2) is 17.6 Å². The Morgan fingerprint density at radius 2 is 0.694 bits per heavy atom. The maximum atomic E-state index is 16.0. The van der Waals surface area contributed by atoms with Crippen molar-refractivity contribution in [2.24, 2.45) is 11.8 Å². The van der Waals surface area contributed by atoms with Gasteiger partial charge in [0, 0.05) is 0 Å². The maximum absolute atomic E-state index is 16.0. The first kappa shape index (κ1) is 29.0. The van der Waals surface area contributed by atoms with Gasteiger partial charge in [0.2, 0.25) is 11.8 Å². The lowest BCUT2D eigenvalue weighted by atomic mass is 9.59. The van der Waals surface area contributed by atoms with Crippen molar-refractivity contribution >= 4 is 34.4 Å². The lowest BCUT2D eigenvalue weighted by Crippen LogP contribution is -2.45. The molecule has 2 fully saturated rings. The summed E-state index contributed by atoms with van der Waals surface area (Å²) in [5.74, 6) is -2.72. The number of fused-ring (bicyclic) bond motifs is 5. The highest BCUT2D eigenvalue weighted by molar-refractivity contribution is 6.39. The molecule has 1 saturated carbocycles. The van der Waals surface area contributed by atoms with E-state index in [4.69, 9.17) is 0 Å². The van der Waals surface area contributed by atoms with Gasteiger partial charge in [0.25, 0.3) is 0 Å². The summed E-state index contributed by atoms with van der Waals surface area (Å²) in [5, 5.41) is 0. The van der Waals surface area contributed by atoms with Gasteiger partial charge >= 0.3 is 0 Å². The molecule has 6 aromatic rings. The van der Waals surface area contributed by atoms with E-state index in [1.807, 2.05) is 176 Å². The summed E-state index contributed by atoms with van der Waals surface area (Å²) in [7, 11) is 0. The molecule has 0 radical (unpaired) electrons. The molecule has 4 heteroatoms. The van der Waals surface area contributed by atoms with E-state index in [0.29, 0.717) is 5.69 Å². The average molecular weight is 634 g/mol. The summed E-state index contributed by atoms with van der Waals surface area (Å²) in [5.41, 5.74) is 4.46. The van der Waals surface area contributed by atoms with Crippen LogP contribution in [0.1, 0.15) is 22.3 Å². The molecule has 4 nitrogen and oxygen atoms in total. The molecule has 1 saturated heterocycles. The highest BCUT2D eigenvalue weighted by atomic mass is 16.2. The molecule has 1 aliphatic heterocycles. The van der Waals surface area contributed by atoms with E-state index in [9.17, 15) is 0 Å². The van der Waals surface area contributed by atoms with Crippen LogP contribution in [-0.2, 0) is 25.2 Å². The zero-order valence-electron chi connectivity index (χ0n) is 26.6. The van der Waals surface area contributed by atoms with E-state index in [2.05, 4.69) is 0 Å². The van der Waals surface area contributed by atoms with Gasteiger partial charge in [0.1, 0.15) is 0 Å². The molecule has 234 valence electrons. The third-order valence-corrected chi connectivity index (χ3v) is 10.8. The molecule has 2 aliphatic carbocycles. The van der Waals surface area contributed by atoms with Crippen LogP contribution in [0.3, 0.4) is 0 Å². The number of allylic oxidation sites excluding steroid dienone is 2. The van der Waals surface area contributed by atoms with Gasteiger partial charge in [-0.1, -0.05) is 164 Å². The largest absolute Gasteiger partial charge is 0.297 e. The van der Waals surface area contributed by atoms with Crippen molar-refractivity contribution in [1.29, 1.82) is 0 Å². The predicted octanol–water partition coefficient (Wildman–Crippen LogP) is 8.54. The summed E-state index contributed by atoms with van der Waals surface area (Å²) in [4.78, 5) is 47.7. The number of imide groups is 1. The van der Waals surface area contributed by atoms with E-state index < -0.39 is 22.7 Å². The molecule has 0 N–H and O–H groups in total. The Morgan fingerprint density at radius 1 is 0.367 bits per heavy atom. The molecule has 3 aliphatic rings. The summed E-state index contributed by atoms with van der Waals surface area (Å²) < 4.78 is 0. The SMILES string of the molecule is O=C1[C@H]2[C@H](C(=O)N1c1ccc(-c3ccccc3)cc1)[C@@]1(c3ccccc3)C(=O)[C@@]2(c2ccccc2)C(c2ccccc2)=C1c1ccccc1. The highest BCUT2D eigenvalue weighted by Gasteiger charge is 2.82. The maximum Gasteiger partial charge on any atom is 0.239 e. The van der Waals surface area contributed by atoms with Crippen molar-refractivity contribution in [3.63, 3.8) is 0 Å². The Kier molecular flexibility index (Phi) is 6.50. The van der Waals surface area contributed by atoms with Gasteiger partial charge in [-0.05, 0) is 56.7 Å². The Bertz CT molecular complexity index is 2150. The number of rotatable bonds is 6. The van der Waals surface area contributed by atoms with E-state index in [0.717, 1.165) is 44.5 Å². The predicted molar refractivity (Wildman–Crippen MR) is 192 cm³/mol. The molecule has 2 amide bonds. The van der Waals surface area contributed by atoms with Gasteiger partial charge in [-0.3, -0.25) is 14.4 Å². The topological polar surface area (TPSA) is 54.5 Å². The monoisotopic (exact) mass is 633 g/mol. The van der Waals surface area contributed by atoms with Gasteiger partial charge in [-0.15, -0.1) is 0 Å². The average Bonchev–Trinajstić information content (AvgIpc) is 3.68. The van der Waals surface area contributed by atoms with Crippen LogP contribution in [0, 0.1) is 11.8 Å². The van der Waals surface area contributed by atoms with Crippen molar-refractivity contribution in [3.8, 4) is 11.1 Å². The van der Waals surface area contributed by atoms with Crippen LogP contribution < -0.4 is 4.90 Å². The number of carbonyl (C=O) groups is 3. The second-order valence-electron chi connectivity index (χ2n) is 13.0. The van der Waals surface area contributed by atoms with Crippen molar-refractivity contribution in [1.82, 2.24) is 0 Å². The number of carbonyl (C=O) groups excluding carboxylic acids is 3. The summed E-state index contributed by atoms with van der Waals surface area (Å²) in [6.07, 6.45) is 0. The lowest BCUT2D eigenvalue weighted by molar-refractivity contribution is -0.130. The van der Waals surface area contributed by atoms with E-state index in [1.54, 1.807) is 0 Å². The number of Topliss-reactive ketones (excluding diaryl/α,β-unsaturated/α-hetero) is 1. The fourth-order valence-corrected chi connectivity index (χ4v) is 9.02. The second-order valence-corrected chi connectivity index (χ2v) is 13.0. The van der Waals surface area contributed by atoms with Crippen molar-refractivity contribution in [2.75, 3.05) is 4.90 Å². The summed E-state index contributed by atoms with van der Waals surface area (Å²) in [6, 6.07) is 56.7. The summed E-state index contributed by atoms with van der Waals surface area (Å²) in [6.45, 7) is 0. The number of anilines is 1. The first-order valence-electron chi connectivity index (χ1n) is 16.6. The van der Waals surface area contributed by atoms with Gasteiger partial charge in [-0.2, -0.15) is 0 Å². The third kappa shape index (κ3) is 3.83. The number of nitrogens with zero attached hydrogens (tertiary/aromatic N) is 1. The van der Waals surface area contributed by atoms with Crippen molar-refractivity contribution < 1.29 is 14.4 Å². The third-order valence-electron chi connectivity index (χ3n) is 10.8. The Balaban J connectivity index is 1.36. The fourth-order valence-electron chi connectivity index (χ4n) is 9.02. The Hall–Kier alpha value is -6.13. The zero-order chi connectivity index (χ0) is 33.2. The minimum absolute atomic E-state index is 0.120. The molecule has 0 unspecified atom stereocenters. The second kappa shape index (κ2) is 11.0. The number of ketones is 1. The van der Waals surface area contributed by atoms with Gasteiger partial charge in [0.15, 0.2) is 5.78 Å². The van der Waals surface area contributed by atoms with Crippen molar-refractivity contribution in [2.45, 2.75) is 10.8 Å². The standard InChI is InChI=1S/C45H31NO3/c47-41-39-40(42(48)46(41)36-28-26-31(27-29-36)30-16-6-1-7-17-30)45(35-24-14-5-15-25-35)38(33-20-10-3-11-21-33)37(32-18-8-2-9-19-32)44(39,43(45)49)34-22-12-4-13-23-34/h1-29,39-40H/t39-,40-,44+,45+/m1/s1. The molecule has 49 heavy (non-hydrogen) atoms. The van der Waals surface area contributed by atoms with E-state index in [-0.39, 0.29) is 17.6 Å². The van der Waals surface area contributed by atoms with Gasteiger partial charge in [0.05, 0.1) is 28.4 Å². The zero-order valence-corrected chi connectivity index (χ0v) is 26.6. The first-order chi connectivity index (χ1) is 24.1. The molecule has 0 spiro atoms. The molecule has 9 rings (SSSR count). The molecular formula is C45H31NO3. The van der Waals surface area contributed by atoms with Gasteiger partial charge in [-0.25, -0.2) is 4.90 Å². The highest BCUT2D eigenvalue weighted by Crippen LogP contribution is 2.74. The van der Waals surface area contributed by atoms with Crippen LogP contribution >= 0.6 is 0 Å². The van der Waals surface area contributed by atoms with Crippen LogP contribution in [0.15, 0.2) is 176 Å². The quantitative estimate of drug-likeness (QED) is 0.173. The Morgan fingerprint density at radius 3 is 1.08 bits per heavy atom. The van der Waals surface area contributed by atoms with Gasteiger partial charge < -0.3 is 0 Å². The van der Waals surface area contributed by atoms with Crippen molar-refractivity contribution in [3.05, 3.63) is 198 Å². The molecule has 0 aromatic heterocycles. The van der Waals surface area contributed by atoms with Crippen LogP contribution in [0.4, 0.5) is 5.69 Å². The molecule has 6 aromatic carbocycles.